The van der Waals surface area contributed by atoms with Crippen LogP contribution in [0.2, 0.25) is 0 Å². The number of rotatable bonds is 7. The molecule has 0 heterocycles. The molecule has 2 nitrogen and oxygen atoms in total. The average molecular weight is 276 g/mol. The zero-order chi connectivity index (χ0) is 15.2. The Morgan fingerprint density at radius 2 is 1.80 bits per heavy atom. The van der Waals surface area contributed by atoms with E-state index in [1.54, 1.807) is 0 Å². The molecule has 0 saturated carbocycles. The number of nitrogens with one attached hydrogen (secondary N) is 1. The van der Waals surface area contributed by atoms with Gasteiger partial charge < -0.3 is 5.32 Å². The Hall–Kier alpha value is -0.860. The summed E-state index contributed by atoms with van der Waals surface area (Å²) in [7, 11) is 0. The fourth-order valence-corrected chi connectivity index (χ4v) is 2.25. The molecule has 0 saturated heterocycles. The van der Waals surface area contributed by atoms with Crippen LogP contribution in [0.25, 0.3) is 0 Å². The standard InChI is InChI=1S/C18H32N2/c1-7-11-20(15(2)3)14-17-10-8-9-16(12-17)13-19-18(4,5)6/h8-10,12,15,19H,7,11,13-14H2,1-6H3. The number of hydrogen-bond donors (Lipinski definition) is 1. The smallest absolute Gasteiger partial charge is 0.0236 e. The molecule has 0 amide bonds. The highest BCUT2D eigenvalue weighted by Crippen LogP contribution is 2.12. The molecule has 0 unspecified atom stereocenters. The monoisotopic (exact) mass is 276 g/mol. The molecule has 0 aromatic heterocycles. The van der Waals surface area contributed by atoms with Crippen LogP contribution in [0, 0.1) is 0 Å². The SMILES string of the molecule is CCCN(Cc1cccc(CNC(C)(C)C)c1)C(C)C. The minimum atomic E-state index is 0.169. The van der Waals surface area contributed by atoms with E-state index in [4.69, 9.17) is 0 Å². The zero-order valence-electron chi connectivity index (χ0n) is 14.2. The van der Waals surface area contributed by atoms with Crippen LogP contribution >= 0.6 is 0 Å². The summed E-state index contributed by atoms with van der Waals surface area (Å²) in [6, 6.07) is 9.57. The van der Waals surface area contributed by atoms with Gasteiger partial charge in [-0.15, -0.1) is 0 Å². The van der Waals surface area contributed by atoms with E-state index in [-0.39, 0.29) is 5.54 Å². The van der Waals surface area contributed by atoms with Gasteiger partial charge in [-0.3, -0.25) is 4.90 Å². The highest BCUT2D eigenvalue weighted by molar-refractivity contribution is 5.23. The summed E-state index contributed by atoms with van der Waals surface area (Å²) in [6.07, 6.45) is 1.21. The van der Waals surface area contributed by atoms with Crippen LogP contribution < -0.4 is 5.32 Å². The molecule has 0 aliphatic rings. The fraction of sp³-hybridized carbons (Fsp3) is 0.667. The van der Waals surface area contributed by atoms with Gasteiger partial charge in [0.15, 0.2) is 0 Å². The molecule has 0 atom stereocenters. The molecule has 0 aliphatic heterocycles. The summed E-state index contributed by atoms with van der Waals surface area (Å²) in [4.78, 5) is 2.54. The average Bonchev–Trinajstić information content (AvgIpc) is 2.35. The van der Waals surface area contributed by atoms with Crippen molar-refractivity contribution < 1.29 is 0 Å². The molecule has 0 bridgehead atoms. The predicted octanol–water partition coefficient (Wildman–Crippen LogP) is 4.20. The molecule has 2 heteroatoms. The molecule has 1 aromatic rings. The van der Waals surface area contributed by atoms with Gasteiger partial charge in [0, 0.05) is 24.7 Å². The van der Waals surface area contributed by atoms with Gasteiger partial charge in [-0.25, -0.2) is 0 Å². The molecule has 1 N–H and O–H groups in total. The Labute approximate surface area is 125 Å². The van der Waals surface area contributed by atoms with Gasteiger partial charge >= 0.3 is 0 Å². The molecular formula is C18H32N2. The van der Waals surface area contributed by atoms with Gasteiger partial charge in [-0.1, -0.05) is 31.2 Å². The normalized spacial score (nSPS) is 12.4. The van der Waals surface area contributed by atoms with Crippen LogP contribution in [0.1, 0.15) is 59.1 Å². The van der Waals surface area contributed by atoms with E-state index in [1.165, 1.54) is 24.1 Å². The predicted molar refractivity (Wildman–Crippen MR) is 88.9 cm³/mol. The largest absolute Gasteiger partial charge is 0.308 e. The minimum Gasteiger partial charge on any atom is -0.308 e. The van der Waals surface area contributed by atoms with Gasteiger partial charge in [-0.05, 0) is 58.7 Å². The lowest BCUT2D eigenvalue weighted by molar-refractivity contribution is 0.213. The van der Waals surface area contributed by atoms with E-state index in [9.17, 15) is 0 Å². The lowest BCUT2D eigenvalue weighted by Gasteiger charge is -2.26. The number of nitrogens with zero attached hydrogens (tertiary/aromatic N) is 1. The first-order valence-electron chi connectivity index (χ1n) is 7.88. The van der Waals surface area contributed by atoms with Crippen molar-refractivity contribution in [1.29, 1.82) is 0 Å². The van der Waals surface area contributed by atoms with Gasteiger partial charge in [0.1, 0.15) is 0 Å². The second kappa shape index (κ2) is 7.80. The number of hydrogen-bond acceptors (Lipinski definition) is 2. The fourth-order valence-electron chi connectivity index (χ4n) is 2.25. The molecule has 0 aliphatic carbocycles. The summed E-state index contributed by atoms with van der Waals surface area (Å²) in [5, 5.41) is 3.55. The van der Waals surface area contributed by atoms with Crippen LogP contribution in [-0.2, 0) is 13.1 Å². The molecule has 0 radical (unpaired) electrons. The van der Waals surface area contributed by atoms with Crippen LogP contribution in [0.5, 0.6) is 0 Å². The van der Waals surface area contributed by atoms with Crippen molar-refractivity contribution in [3.05, 3.63) is 35.4 Å². The van der Waals surface area contributed by atoms with Crippen LogP contribution in [0.15, 0.2) is 24.3 Å². The molecule has 0 fully saturated rings. The first-order valence-corrected chi connectivity index (χ1v) is 7.88. The van der Waals surface area contributed by atoms with E-state index in [0.717, 1.165) is 13.1 Å². The van der Waals surface area contributed by atoms with Crippen molar-refractivity contribution in [3.8, 4) is 0 Å². The first kappa shape index (κ1) is 17.2. The van der Waals surface area contributed by atoms with E-state index in [0.29, 0.717) is 6.04 Å². The first-order chi connectivity index (χ1) is 9.31. The summed E-state index contributed by atoms with van der Waals surface area (Å²) in [6.45, 7) is 16.6. The lowest BCUT2D eigenvalue weighted by atomic mass is 10.1. The highest BCUT2D eigenvalue weighted by Gasteiger charge is 2.11. The molecule has 114 valence electrons. The Kier molecular flexibility index (Phi) is 6.70. The van der Waals surface area contributed by atoms with Gasteiger partial charge in [0.25, 0.3) is 0 Å². The van der Waals surface area contributed by atoms with E-state index in [2.05, 4.69) is 76.0 Å². The number of benzene rings is 1. The van der Waals surface area contributed by atoms with Gasteiger partial charge in [0.05, 0.1) is 0 Å². The topological polar surface area (TPSA) is 15.3 Å². The second-order valence-electron chi connectivity index (χ2n) is 6.99. The summed E-state index contributed by atoms with van der Waals surface area (Å²) in [5.41, 5.74) is 2.96. The van der Waals surface area contributed by atoms with E-state index >= 15 is 0 Å². The van der Waals surface area contributed by atoms with Crippen LogP contribution in [0.3, 0.4) is 0 Å². The zero-order valence-corrected chi connectivity index (χ0v) is 14.2. The molecular weight excluding hydrogens is 244 g/mol. The van der Waals surface area contributed by atoms with Crippen molar-refractivity contribution in [3.63, 3.8) is 0 Å². The van der Waals surface area contributed by atoms with Crippen molar-refractivity contribution in [2.45, 2.75) is 72.6 Å². The summed E-state index contributed by atoms with van der Waals surface area (Å²) in [5.74, 6) is 0. The van der Waals surface area contributed by atoms with Gasteiger partial charge in [0.2, 0.25) is 0 Å². The minimum absolute atomic E-state index is 0.169. The van der Waals surface area contributed by atoms with Crippen molar-refractivity contribution in [2.24, 2.45) is 0 Å². The third kappa shape index (κ3) is 6.53. The Bertz CT molecular complexity index is 391. The molecule has 0 spiro atoms. The summed E-state index contributed by atoms with van der Waals surface area (Å²) >= 11 is 0. The Morgan fingerprint density at radius 3 is 2.35 bits per heavy atom. The second-order valence-corrected chi connectivity index (χ2v) is 6.99. The summed E-state index contributed by atoms with van der Waals surface area (Å²) < 4.78 is 0. The molecule has 20 heavy (non-hydrogen) atoms. The van der Waals surface area contributed by atoms with Gasteiger partial charge in [-0.2, -0.15) is 0 Å². The van der Waals surface area contributed by atoms with E-state index < -0.39 is 0 Å². The van der Waals surface area contributed by atoms with Crippen molar-refractivity contribution >= 4 is 0 Å². The molecule has 1 aromatic carbocycles. The van der Waals surface area contributed by atoms with Crippen LogP contribution in [-0.4, -0.2) is 23.0 Å². The maximum atomic E-state index is 3.55. The lowest BCUT2D eigenvalue weighted by Crippen LogP contribution is -2.35. The Morgan fingerprint density at radius 1 is 1.15 bits per heavy atom. The molecule has 1 rings (SSSR count). The third-order valence-corrected chi connectivity index (χ3v) is 3.44. The maximum Gasteiger partial charge on any atom is 0.0236 e. The third-order valence-electron chi connectivity index (χ3n) is 3.44. The maximum absolute atomic E-state index is 3.55. The van der Waals surface area contributed by atoms with E-state index in [1.807, 2.05) is 0 Å². The van der Waals surface area contributed by atoms with Crippen molar-refractivity contribution in [1.82, 2.24) is 10.2 Å². The highest BCUT2D eigenvalue weighted by atomic mass is 15.1. The van der Waals surface area contributed by atoms with Crippen molar-refractivity contribution in [2.75, 3.05) is 6.54 Å². The quantitative estimate of drug-likeness (QED) is 0.803. The van der Waals surface area contributed by atoms with Crippen LogP contribution in [0.4, 0.5) is 0 Å². The Balaban J connectivity index is 2.67.